The predicted octanol–water partition coefficient (Wildman–Crippen LogP) is 3.91. The van der Waals surface area contributed by atoms with Gasteiger partial charge in [-0.05, 0) is 34.7 Å². The molecular formula is C16H15BrN2. The molecule has 3 aromatic rings. The van der Waals surface area contributed by atoms with Crippen LogP contribution in [0.4, 0.5) is 0 Å². The molecule has 3 heteroatoms. The number of nitrogens with two attached hydrogens (primary N) is 1. The lowest BCUT2D eigenvalue weighted by atomic mass is 10.1. The molecule has 19 heavy (non-hydrogen) atoms. The van der Waals surface area contributed by atoms with Gasteiger partial charge in [-0.15, -0.1) is 0 Å². The summed E-state index contributed by atoms with van der Waals surface area (Å²) in [6.45, 7) is 1.43. The molecule has 0 amide bonds. The van der Waals surface area contributed by atoms with Crippen LogP contribution in [0.15, 0.2) is 59.2 Å². The van der Waals surface area contributed by atoms with Crippen molar-refractivity contribution in [2.24, 2.45) is 5.73 Å². The highest BCUT2D eigenvalue weighted by molar-refractivity contribution is 9.10. The SMILES string of the molecule is NCc1cccc2ccn(Cc3cccc(Br)c3)c12. The summed E-state index contributed by atoms with van der Waals surface area (Å²) < 4.78 is 3.37. The Kier molecular flexibility index (Phi) is 3.40. The average Bonchev–Trinajstić information content (AvgIpc) is 2.82. The molecular weight excluding hydrogens is 300 g/mol. The van der Waals surface area contributed by atoms with Gasteiger partial charge in [0.15, 0.2) is 0 Å². The average molecular weight is 315 g/mol. The van der Waals surface area contributed by atoms with Crippen LogP contribution >= 0.6 is 15.9 Å². The molecule has 2 aromatic carbocycles. The minimum Gasteiger partial charge on any atom is -0.343 e. The van der Waals surface area contributed by atoms with Gasteiger partial charge >= 0.3 is 0 Å². The first-order valence-electron chi connectivity index (χ1n) is 6.29. The van der Waals surface area contributed by atoms with E-state index in [-0.39, 0.29) is 0 Å². The second-order valence-electron chi connectivity index (χ2n) is 4.63. The van der Waals surface area contributed by atoms with E-state index in [0.29, 0.717) is 6.54 Å². The molecule has 0 saturated carbocycles. The van der Waals surface area contributed by atoms with E-state index in [4.69, 9.17) is 5.73 Å². The summed E-state index contributed by atoms with van der Waals surface area (Å²) in [4.78, 5) is 0. The number of halogens is 1. The highest BCUT2D eigenvalue weighted by atomic mass is 79.9. The van der Waals surface area contributed by atoms with Gasteiger partial charge in [-0.25, -0.2) is 0 Å². The molecule has 0 aliphatic carbocycles. The van der Waals surface area contributed by atoms with Crippen LogP contribution in [0.1, 0.15) is 11.1 Å². The van der Waals surface area contributed by atoms with Gasteiger partial charge in [-0.2, -0.15) is 0 Å². The summed E-state index contributed by atoms with van der Waals surface area (Å²) in [5.41, 5.74) is 9.55. The summed E-state index contributed by atoms with van der Waals surface area (Å²) in [5.74, 6) is 0. The van der Waals surface area contributed by atoms with Crippen molar-refractivity contribution in [2.45, 2.75) is 13.1 Å². The van der Waals surface area contributed by atoms with Crippen molar-refractivity contribution in [3.8, 4) is 0 Å². The van der Waals surface area contributed by atoms with Crippen LogP contribution in [0.3, 0.4) is 0 Å². The lowest BCUT2D eigenvalue weighted by Gasteiger charge is -2.09. The molecule has 0 aliphatic heterocycles. The van der Waals surface area contributed by atoms with E-state index < -0.39 is 0 Å². The van der Waals surface area contributed by atoms with Crippen molar-refractivity contribution in [2.75, 3.05) is 0 Å². The molecule has 0 fully saturated rings. The Morgan fingerprint density at radius 3 is 2.68 bits per heavy atom. The largest absolute Gasteiger partial charge is 0.343 e. The maximum Gasteiger partial charge on any atom is 0.0528 e. The Morgan fingerprint density at radius 1 is 1.05 bits per heavy atom. The van der Waals surface area contributed by atoms with Gasteiger partial charge in [0.2, 0.25) is 0 Å². The van der Waals surface area contributed by atoms with Crippen molar-refractivity contribution in [1.29, 1.82) is 0 Å². The van der Waals surface area contributed by atoms with E-state index in [9.17, 15) is 0 Å². The van der Waals surface area contributed by atoms with Crippen LogP contribution in [0.25, 0.3) is 10.9 Å². The van der Waals surface area contributed by atoms with Crippen LogP contribution in [0, 0.1) is 0 Å². The van der Waals surface area contributed by atoms with Gasteiger partial charge < -0.3 is 10.3 Å². The molecule has 3 rings (SSSR count). The standard InChI is InChI=1S/C16H15BrN2/c17-15-6-1-3-12(9-15)11-19-8-7-13-4-2-5-14(10-18)16(13)19/h1-9H,10-11,18H2. The zero-order valence-corrected chi connectivity index (χ0v) is 12.1. The van der Waals surface area contributed by atoms with Crippen LogP contribution < -0.4 is 5.73 Å². The molecule has 1 aromatic heterocycles. The van der Waals surface area contributed by atoms with E-state index in [0.717, 1.165) is 11.0 Å². The highest BCUT2D eigenvalue weighted by Gasteiger charge is 2.06. The molecule has 2 nitrogen and oxygen atoms in total. The Labute approximate surface area is 121 Å². The number of nitrogens with zero attached hydrogens (tertiary/aromatic N) is 1. The summed E-state index contributed by atoms with van der Waals surface area (Å²) in [6, 6.07) is 16.8. The second kappa shape index (κ2) is 5.19. The van der Waals surface area contributed by atoms with Crippen molar-refractivity contribution in [3.63, 3.8) is 0 Å². The smallest absolute Gasteiger partial charge is 0.0528 e. The molecule has 0 aliphatic rings. The summed E-state index contributed by atoms with van der Waals surface area (Å²) in [5, 5.41) is 1.25. The molecule has 0 saturated heterocycles. The molecule has 1 heterocycles. The lowest BCUT2D eigenvalue weighted by Crippen LogP contribution is -2.03. The Bertz CT molecular complexity index is 716. The van der Waals surface area contributed by atoms with E-state index in [1.807, 2.05) is 6.07 Å². The maximum atomic E-state index is 5.84. The number of para-hydroxylation sites is 1. The molecule has 0 radical (unpaired) electrons. The number of aromatic nitrogens is 1. The van der Waals surface area contributed by atoms with Gasteiger partial charge in [-0.3, -0.25) is 0 Å². The third-order valence-electron chi connectivity index (χ3n) is 3.33. The third kappa shape index (κ3) is 2.44. The van der Waals surface area contributed by atoms with Crippen LogP contribution in [-0.2, 0) is 13.1 Å². The number of hydrogen-bond donors (Lipinski definition) is 1. The van der Waals surface area contributed by atoms with Crippen LogP contribution in [-0.4, -0.2) is 4.57 Å². The van der Waals surface area contributed by atoms with Gasteiger partial charge in [0.05, 0.1) is 5.52 Å². The molecule has 0 bridgehead atoms. The Hall–Kier alpha value is -1.58. The van der Waals surface area contributed by atoms with E-state index in [1.165, 1.54) is 22.0 Å². The van der Waals surface area contributed by atoms with Crippen LogP contribution in [0.5, 0.6) is 0 Å². The number of rotatable bonds is 3. The summed E-state index contributed by atoms with van der Waals surface area (Å²) in [7, 11) is 0. The monoisotopic (exact) mass is 314 g/mol. The van der Waals surface area contributed by atoms with Crippen molar-refractivity contribution in [3.05, 3.63) is 70.3 Å². The Balaban J connectivity index is 2.06. The summed E-state index contributed by atoms with van der Waals surface area (Å²) >= 11 is 3.51. The van der Waals surface area contributed by atoms with Gasteiger partial charge in [0.25, 0.3) is 0 Å². The normalized spacial score (nSPS) is 11.1. The van der Waals surface area contributed by atoms with Crippen LogP contribution in [0.2, 0.25) is 0 Å². The first-order chi connectivity index (χ1) is 9.28. The predicted molar refractivity (Wildman–Crippen MR) is 83.1 cm³/mol. The zero-order chi connectivity index (χ0) is 13.2. The lowest BCUT2D eigenvalue weighted by molar-refractivity contribution is 0.829. The first-order valence-corrected chi connectivity index (χ1v) is 7.08. The fraction of sp³-hybridized carbons (Fsp3) is 0.125. The van der Waals surface area contributed by atoms with Crippen molar-refractivity contribution in [1.82, 2.24) is 4.57 Å². The van der Waals surface area contributed by atoms with Gasteiger partial charge in [0.1, 0.15) is 0 Å². The number of hydrogen-bond acceptors (Lipinski definition) is 1. The van der Waals surface area contributed by atoms with E-state index in [2.05, 4.69) is 69.2 Å². The summed E-state index contributed by atoms with van der Waals surface area (Å²) in [6.07, 6.45) is 2.13. The number of fused-ring (bicyclic) bond motifs is 1. The zero-order valence-electron chi connectivity index (χ0n) is 10.5. The molecule has 0 atom stereocenters. The first kappa shape index (κ1) is 12.5. The molecule has 96 valence electrons. The number of benzene rings is 2. The topological polar surface area (TPSA) is 30.9 Å². The van der Waals surface area contributed by atoms with E-state index >= 15 is 0 Å². The minimum absolute atomic E-state index is 0.569. The fourth-order valence-corrected chi connectivity index (χ4v) is 2.92. The molecule has 2 N–H and O–H groups in total. The fourth-order valence-electron chi connectivity index (χ4n) is 2.47. The minimum atomic E-state index is 0.569. The maximum absolute atomic E-state index is 5.84. The van der Waals surface area contributed by atoms with Gasteiger partial charge in [0, 0.05) is 23.8 Å². The molecule has 0 spiro atoms. The van der Waals surface area contributed by atoms with Gasteiger partial charge in [-0.1, -0.05) is 46.3 Å². The molecule has 0 unspecified atom stereocenters. The van der Waals surface area contributed by atoms with E-state index in [1.54, 1.807) is 0 Å². The van der Waals surface area contributed by atoms with Crippen molar-refractivity contribution < 1.29 is 0 Å². The second-order valence-corrected chi connectivity index (χ2v) is 5.55. The third-order valence-corrected chi connectivity index (χ3v) is 3.83. The Morgan fingerprint density at radius 2 is 1.89 bits per heavy atom. The van der Waals surface area contributed by atoms with Crippen molar-refractivity contribution >= 4 is 26.8 Å². The highest BCUT2D eigenvalue weighted by Crippen LogP contribution is 2.22. The quantitative estimate of drug-likeness (QED) is 0.780.